The maximum absolute atomic E-state index is 6.09. The minimum absolute atomic E-state index is 0. The molecule has 1 aliphatic heterocycles. The van der Waals surface area contributed by atoms with Gasteiger partial charge in [0.05, 0.1) is 12.1 Å². The first-order valence-electron chi connectivity index (χ1n) is 6.80. The molecule has 1 fully saturated rings. The van der Waals surface area contributed by atoms with Crippen molar-refractivity contribution in [1.82, 2.24) is 9.88 Å². The van der Waals surface area contributed by atoms with E-state index in [2.05, 4.69) is 20.9 Å². The summed E-state index contributed by atoms with van der Waals surface area (Å²) in [5.41, 5.74) is 8.27. The zero-order valence-electron chi connectivity index (χ0n) is 11.7. The molecule has 2 N–H and O–H groups in total. The summed E-state index contributed by atoms with van der Waals surface area (Å²) in [5.74, 6) is 2.93. The zero-order chi connectivity index (χ0) is 13.8. The van der Waals surface area contributed by atoms with Gasteiger partial charge < -0.3 is 10.6 Å². The molecule has 6 heteroatoms. The molecule has 1 aromatic carbocycles. The van der Waals surface area contributed by atoms with Crippen LogP contribution in [-0.2, 0) is 6.54 Å². The Kier molecular flexibility index (Phi) is 6.10. The Morgan fingerprint density at radius 2 is 2.00 bits per heavy atom. The van der Waals surface area contributed by atoms with E-state index in [1.165, 1.54) is 5.56 Å². The number of nitrogens with zero attached hydrogens (tertiary/aromatic N) is 3. The molecular formula is C15H19IN4S. The Bertz CT molecular complexity index is 621. The SMILES string of the molecule is I.NC(=NCc1ccnc2ccccc12)N1CCSCC1. The molecule has 4 nitrogen and oxygen atoms in total. The summed E-state index contributed by atoms with van der Waals surface area (Å²) in [6, 6.07) is 10.2. The van der Waals surface area contributed by atoms with Gasteiger partial charge >= 0.3 is 0 Å². The fourth-order valence-corrected chi connectivity index (χ4v) is 3.25. The highest BCUT2D eigenvalue weighted by atomic mass is 127. The van der Waals surface area contributed by atoms with Crippen molar-refractivity contribution in [1.29, 1.82) is 0 Å². The molecule has 0 unspecified atom stereocenters. The van der Waals surface area contributed by atoms with Crippen molar-refractivity contribution in [2.24, 2.45) is 10.7 Å². The lowest BCUT2D eigenvalue weighted by Gasteiger charge is -2.27. The highest BCUT2D eigenvalue weighted by molar-refractivity contribution is 14.0. The predicted molar refractivity (Wildman–Crippen MR) is 101 cm³/mol. The van der Waals surface area contributed by atoms with Crippen LogP contribution in [0.15, 0.2) is 41.5 Å². The molecule has 0 atom stereocenters. The molecule has 21 heavy (non-hydrogen) atoms. The van der Waals surface area contributed by atoms with Crippen LogP contribution in [0.3, 0.4) is 0 Å². The minimum atomic E-state index is 0. The molecule has 0 spiro atoms. The zero-order valence-corrected chi connectivity index (χ0v) is 14.9. The van der Waals surface area contributed by atoms with E-state index in [9.17, 15) is 0 Å². The van der Waals surface area contributed by atoms with Crippen LogP contribution in [0.25, 0.3) is 10.9 Å². The number of guanidine groups is 1. The minimum Gasteiger partial charge on any atom is -0.370 e. The van der Waals surface area contributed by atoms with Crippen molar-refractivity contribution < 1.29 is 0 Å². The van der Waals surface area contributed by atoms with E-state index in [0.717, 1.165) is 35.5 Å². The number of thioether (sulfide) groups is 1. The summed E-state index contributed by atoms with van der Waals surface area (Å²) in [7, 11) is 0. The highest BCUT2D eigenvalue weighted by Crippen LogP contribution is 2.17. The summed E-state index contributed by atoms with van der Waals surface area (Å²) >= 11 is 1.97. The average Bonchev–Trinajstić information content (AvgIpc) is 2.53. The maximum atomic E-state index is 6.09. The van der Waals surface area contributed by atoms with E-state index in [0.29, 0.717) is 12.5 Å². The largest absolute Gasteiger partial charge is 0.370 e. The van der Waals surface area contributed by atoms with Gasteiger partial charge in [0.25, 0.3) is 0 Å². The Hall–Kier alpha value is -1.02. The molecule has 2 aromatic rings. The molecule has 3 rings (SSSR count). The number of hydrogen-bond acceptors (Lipinski definition) is 3. The Labute approximate surface area is 146 Å². The van der Waals surface area contributed by atoms with Crippen molar-refractivity contribution >= 4 is 52.6 Å². The van der Waals surface area contributed by atoms with E-state index >= 15 is 0 Å². The summed E-state index contributed by atoms with van der Waals surface area (Å²) in [5, 5.41) is 1.15. The first-order valence-corrected chi connectivity index (χ1v) is 7.95. The number of fused-ring (bicyclic) bond motifs is 1. The van der Waals surface area contributed by atoms with Gasteiger partial charge in [-0.2, -0.15) is 11.8 Å². The number of pyridine rings is 1. The molecular weight excluding hydrogens is 395 g/mol. The quantitative estimate of drug-likeness (QED) is 0.467. The topological polar surface area (TPSA) is 54.5 Å². The monoisotopic (exact) mass is 414 g/mol. The van der Waals surface area contributed by atoms with Gasteiger partial charge in [-0.05, 0) is 17.7 Å². The molecule has 0 amide bonds. The van der Waals surface area contributed by atoms with E-state index < -0.39 is 0 Å². The summed E-state index contributed by atoms with van der Waals surface area (Å²) < 4.78 is 0. The number of rotatable bonds is 2. The molecule has 0 saturated carbocycles. The second kappa shape index (κ2) is 7.84. The van der Waals surface area contributed by atoms with Crippen LogP contribution in [0.2, 0.25) is 0 Å². The summed E-state index contributed by atoms with van der Waals surface area (Å²) in [6.07, 6.45) is 1.83. The molecule has 0 radical (unpaired) electrons. The van der Waals surface area contributed by atoms with Crippen LogP contribution in [0.4, 0.5) is 0 Å². The molecule has 2 heterocycles. The van der Waals surface area contributed by atoms with Gasteiger partial charge in [-0.25, -0.2) is 4.99 Å². The Morgan fingerprint density at radius 1 is 1.24 bits per heavy atom. The van der Waals surface area contributed by atoms with Crippen molar-refractivity contribution in [2.75, 3.05) is 24.6 Å². The molecule has 1 saturated heterocycles. The van der Waals surface area contributed by atoms with Gasteiger partial charge in [0.15, 0.2) is 5.96 Å². The molecule has 1 aromatic heterocycles. The predicted octanol–water partition coefficient (Wildman–Crippen LogP) is 2.72. The van der Waals surface area contributed by atoms with Crippen molar-refractivity contribution in [2.45, 2.75) is 6.54 Å². The lowest BCUT2D eigenvalue weighted by molar-refractivity contribution is 0.455. The third-order valence-electron chi connectivity index (χ3n) is 3.49. The van der Waals surface area contributed by atoms with Gasteiger partial charge in [-0.15, -0.1) is 24.0 Å². The molecule has 112 valence electrons. The third-order valence-corrected chi connectivity index (χ3v) is 4.43. The number of aliphatic imine (C=N–C) groups is 1. The number of nitrogens with two attached hydrogens (primary N) is 1. The first-order chi connectivity index (χ1) is 9.84. The highest BCUT2D eigenvalue weighted by Gasteiger charge is 2.12. The fraction of sp³-hybridized carbons (Fsp3) is 0.333. The standard InChI is InChI=1S/C15H18N4S.HI/c16-15(19-7-9-20-10-8-19)18-11-12-5-6-17-14-4-2-1-3-13(12)14;/h1-6H,7-11H2,(H2,16,18);1H. The van der Waals surface area contributed by atoms with Gasteiger partial charge in [0.1, 0.15) is 0 Å². The van der Waals surface area contributed by atoms with Crippen LogP contribution >= 0.6 is 35.7 Å². The van der Waals surface area contributed by atoms with E-state index in [1.807, 2.05) is 42.2 Å². The number of benzene rings is 1. The number of halogens is 1. The second-order valence-corrected chi connectivity index (χ2v) is 5.99. The summed E-state index contributed by atoms with van der Waals surface area (Å²) in [4.78, 5) is 11.1. The number of hydrogen-bond donors (Lipinski definition) is 1. The lowest BCUT2D eigenvalue weighted by Crippen LogP contribution is -2.42. The van der Waals surface area contributed by atoms with Crippen LogP contribution in [0, 0.1) is 0 Å². The van der Waals surface area contributed by atoms with E-state index in [-0.39, 0.29) is 24.0 Å². The van der Waals surface area contributed by atoms with Crippen LogP contribution in [0.5, 0.6) is 0 Å². The molecule has 0 aliphatic carbocycles. The van der Waals surface area contributed by atoms with Crippen molar-refractivity contribution in [3.63, 3.8) is 0 Å². The third kappa shape index (κ3) is 4.00. The Morgan fingerprint density at radius 3 is 2.81 bits per heavy atom. The number of para-hydroxylation sites is 1. The van der Waals surface area contributed by atoms with Gasteiger partial charge in [-0.3, -0.25) is 4.98 Å². The van der Waals surface area contributed by atoms with Crippen LogP contribution < -0.4 is 5.73 Å². The van der Waals surface area contributed by atoms with E-state index in [1.54, 1.807) is 0 Å². The van der Waals surface area contributed by atoms with Gasteiger partial charge in [0.2, 0.25) is 0 Å². The van der Waals surface area contributed by atoms with Crippen LogP contribution in [0.1, 0.15) is 5.56 Å². The van der Waals surface area contributed by atoms with E-state index in [4.69, 9.17) is 5.73 Å². The smallest absolute Gasteiger partial charge is 0.191 e. The molecule has 1 aliphatic rings. The second-order valence-electron chi connectivity index (χ2n) is 4.76. The van der Waals surface area contributed by atoms with Gasteiger partial charge in [-0.1, -0.05) is 18.2 Å². The fourth-order valence-electron chi connectivity index (χ4n) is 2.35. The molecule has 0 bridgehead atoms. The van der Waals surface area contributed by atoms with Crippen LogP contribution in [-0.4, -0.2) is 40.4 Å². The normalized spacial score (nSPS) is 15.8. The number of aromatic nitrogens is 1. The van der Waals surface area contributed by atoms with Gasteiger partial charge in [0, 0.05) is 36.2 Å². The Balaban J connectivity index is 0.00000161. The first kappa shape index (κ1) is 16.4. The maximum Gasteiger partial charge on any atom is 0.191 e. The van der Waals surface area contributed by atoms with Crippen molar-refractivity contribution in [3.8, 4) is 0 Å². The lowest BCUT2D eigenvalue weighted by atomic mass is 10.1. The summed E-state index contributed by atoms with van der Waals surface area (Å²) in [6.45, 7) is 2.60. The van der Waals surface area contributed by atoms with Crippen molar-refractivity contribution in [3.05, 3.63) is 42.1 Å². The average molecular weight is 414 g/mol.